The average molecular weight is 248 g/mol. The molecule has 3 nitrogen and oxygen atoms in total. The van der Waals surface area contributed by atoms with Crippen LogP contribution in [0.1, 0.15) is 46.5 Å². The van der Waals surface area contributed by atoms with Crippen molar-refractivity contribution in [3.63, 3.8) is 0 Å². The van der Waals surface area contributed by atoms with E-state index < -0.39 is 0 Å². The third-order valence-electron chi connectivity index (χ3n) is 3.94. The first-order valence-corrected chi connectivity index (χ1v) is 6.58. The van der Waals surface area contributed by atoms with Crippen LogP contribution < -0.4 is 0 Å². The average Bonchev–Trinajstić information content (AvgIpc) is 2.56. The number of carbonyl (C=O) groups excluding carboxylic acids is 2. The molecule has 1 heterocycles. The highest BCUT2D eigenvalue weighted by molar-refractivity contribution is 5.94. The SMILES string of the molecule is CC1=C2CC(=O)[C@@H](C)CC/C=C(/C)C[C@H]2OC1=O. The third kappa shape index (κ3) is 2.55. The second kappa shape index (κ2) is 5.09. The maximum absolute atomic E-state index is 12.1. The van der Waals surface area contributed by atoms with Gasteiger partial charge in [-0.3, -0.25) is 4.79 Å². The molecule has 0 radical (unpaired) electrons. The molecular formula is C15H20O3. The molecule has 0 spiro atoms. The number of Topliss-reactive ketones (excluding diaryl/α,β-unsaturated/α-hetero) is 1. The lowest BCUT2D eigenvalue weighted by atomic mass is 9.88. The summed E-state index contributed by atoms with van der Waals surface area (Å²) in [6, 6.07) is 0. The Balaban J connectivity index is 2.31. The number of hydrogen-bond acceptors (Lipinski definition) is 3. The smallest absolute Gasteiger partial charge is 0.334 e. The van der Waals surface area contributed by atoms with Crippen molar-refractivity contribution in [2.24, 2.45) is 5.92 Å². The summed E-state index contributed by atoms with van der Waals surface area (Å²) >= 11 is 0. The van der Waals surface area contributed by atoms with E-state index in [4.69, 9.17) is 4.74 Å². The van der Waals surface area contributed by atoms with Gasteiger partial charge in [0.05, 0.1) is 0 Å². The lowest BCUT2D eigenvalue weighted by Crippen LogP contribution is -2.19. The second-order valence-electron chi connectivity index (χ2n) is 5.42. The van der Waals surface area contributed by atoms with E-state index in [2.05, 4.69) is 13.0 Å². The summed E-state index contributed by atoms with van der Waals surface area (Å²) in [5.41, 5.74) is 2.77. The normalized spacial score (nSPS) is 32.7. The van der Waals surface area contributed by atoms with E-state index in [9.17, 15) is 9.59 Å². The molecule has 3 heteroatoms. The maximum atomic E-state index is 12.1. The zero-order valence-corrected chi connectivity index (χ0v) is 11.3. The van der Waals surface area contributed by atoms with Gasteiger partial charge < -0.3 is 4.74 Å². The minimum atomic E-state index is -0.262. The molecule has 0 saturated carbocycles. The number of carbonyl (C=O) groups is 2. The summed E-state index contributed by atoms with van der Waals surface area (Å²) in [6.45, 7) is 5.79. The van der Waals surface area contributed by atoms with E-state index in [0.717, 1.165) is 24.8 Å². The predicted octanol–water partition coefficient (Wildman–Crippen LogP) is 2.95. The highest BCUT2D eigenvalue weighted by atomic mass is 16.5. The molecule has 0 N–H and O–H groups in total. The van der Waals surface area contributed by atoms with Gasteiger partial charge >= 0.3 is 5.97 Å². The van der Waals surface area contributed by atoms with Crippen LogP contribution in [-0.4, -0.2) is 17.9 Å². The number of allylic oxidation sites excluding steroid dienone is 1. The highest BCUT2D eigenvalue weighted by Crippen LogP contribution is 2.32. The Hall–Kier alpha value is -1.38. The molecule has 98 valence electrons. The molecule has 0 aromatic heterocycles. The Morgan fingerprint density at radius 2 is 2.00 bits per heavy atom. The molecule has 0 amide bonds. The minimum Gasteiger partial charge on any atom is -0.454 e. The van der Waals surface area contributed by atoms with E-state index in [-0.39, 0.29) is 23.8 Å². The fourth-order valence-electron chi connectivity index (χ4n) is 2.55. The van der Waals surface area contributed by atoms with Crippen molar-refractivity contribution in [3.05, 3.63) is 22.8 Å². The number of esters is 1. The molecule has 1 aliphatic carbocycles. The molecule has 18 heavy (non-hydrogen) atoms. The van der Waals surface area contributed by atoms with Crippen molar-refractivity contribution in [2.45, 2.75) is 52.6 Å². The standard InChI is InChI=1S/C15H20O3/c1-9-5-4-6-10(2)13(16)8-12-11(3)15(17)18-14(12)7-9/h5,10,14H,4,6-8H2,1-3H3/b9-5-/t10-,14+/m0/s1. The van der Waals surface area contributed by atoms with E-state index in [1.54, 1.807) is 6.92 Å². The van der Waals surface area contributed by atoms with Gasteiger partial charge in [-0.15, -0.1) is 0 Å². The highest BCUT2D eigenvalue weighted by Gasteiger charge is 2.33. The number of rotatable bonds is 0. The largest absolute Gasteiger partial charge is 0.454 e. The lowest BCUT2D eigenvalue weighted by molar-refractivity contribution is -0.139. The summed E-state index contributed by atoms with van der Waals surface area (Å²) in [4.78, 5) is 23.7. The zero-order valence-electron chi connectivity index (χ0n) is 11.3. The van der Waals surface area contributed by atoms with Gasteiger partial charge in [0.15, 0.2) is 0 Å². The van der Waals surface area contributed by atoms with Crippen molar-refractivity contribution < 1.29 is 14.3 Å². The molecule has 0 aromatic carbocycles. The first-order chi connectivity index (χ1) is 8.49. The van der Waals surface area contributed by atoms with Crippen LogP contribution in [0.3, 0.4) is 0 Å². The molecule has 2 rings (SSSR count). The molecule has 0 saturated heterocycles. The number of fused-ring (bicyclic) bond motifs is 1. The summed E-state index contributed by atoms with van der Waals surface area (Å²) < 4.78 is 5.36. The topological polar surface area (TPSA) is 43.4 Å². The molecule has 0 bridgehead atoms. The molecular weight excluding hydrogens is 228 g/mol. The number of ketones is 1. The molecule has 0 fully saturated rings. The number of ether oxygens (including phenoxy) is 1. The maximum Gasteiger partial charge on any atom is 0.334 e. The Bertz CT molecular complexity index is 443. The first-order valence-electron chi connectivity index (χ1n) is 6.58. The molecule has 0 unspecified atom stereocenters. The summed E-state index contributed by atoms with van der Waals surface area (Å²) in [5, 5.41) is 0. The monoisotopic (exact) mass is 248 g/mol. The Labute approximate surface area is 108 Å². The quantitative estimate of drug-likeness (QED) is 0.489. The van der Waals surface area contributed by atoms with Crippen LogP contribution in [0.2, 0.25) is 0 Å². The van der Waals surface area contributed by atoms with Crippen LogP contribution in [0.25, 0.3) is 0 Å². The van der Waals surface area contributed by atoms with Crippen LogP contribution in [0.4, 0.5) is 0 Å². The van der Waals surface area contributed by atoms with Gasteiger partial charge in [0, 0.05) is 24.3 Å². The van der Waals surface area contributed by atoms with Gasteiger partial charge in [-0.1, -0.05) is 18.6 Å². The summed E-state index contributed by atoms with van der Waals surface area (Å²) in [7, 11) is 0. The molecule has 1 aliphatic heterocycles. The van der Waals surface area contributed by atoms with Crippen molar-refractivity contribution in [3.8, 4) is 0 Å². The van der Waals surface area contributed by atoms with Crippen molar-refractivity contribution in [1.82, 2.24) is 0 Å². The molecule has 0 aromatic rings. The van der Waals surface area contributed by atoms with E-state index in [1.807, 2.05) is 6.92 Å². The Morgan fingerprint density at radius 1 is 1.28 bits per heavy atom. The summed E-state index contributed by atoms with van der Waals surface area (Å²) in [6.07, 6.45) is 4.85. The molecule has 2 aliphatic rings. The van der Waals surface area contributed by atoms with E-state index >= 15 is 0 Å². The third-order valence-corrected chi connectivity index (χ3v) is 3.94. The van der Waals surface area contributed by atoms with Crippen LogP contribution in [-0.2, 0) is 14.3 Å². The molecule has 2 atom stereocenters. The number of hydrogen-bond donors (Lipinski definition) is 0. The fourth-order valence-corrected chi connectivity index (χ4v) is 2.55. The first kappa shape index (κ1) is 13.1. The van der Waals surface area contributed by atoms with Gasteiger partial charge in [0.1, 0.15) is 11.9 Å². The van der Waals surface area contributed by atoms with Gasteiger partial charge in [0.25, 0.3) is 0 Å². The fraction of sp³-hybridized carbons (Fsp3) is 0.600. The van der Waals surface area contributed by atoms with Gasteiger partial charge in [-0.05, 0) is 32.3 Å². The zero-order chi connectivity index (χ0) is 13.3. The van der Waals surface area contributed by atoms with Crippen LogP contribution >= 0.6 is 0 Å². The van der Waals surface area contributed by atoms with Crippen LogP contribution in [0.5, 0.6) is 0 Å². The summed E-state index contributed by atoms with van der Waals surface area (Å²) in [5.74, 6) is 0.0203. The van der Waals surface area contributed by atoms with Crippen LogP contribution in [0, 0.1) is 5.92 Å². The minimum absolute atomic E-state index is 0.0591. The Kier molecular flexibility index (Phi) is 3.69. The van der Waals surface area contributed by atoms with E-state index in [1.165, 1.54) is 5.57 Å². The van der Waals surface area contributed by atoms with Crippen LogP contribution in [0.15, 0.2) is 22.8 Å². The van der Waals surface area contributed by atoms with Gasteiger partial charge in [-0.2, -0.15) is 0 Å². The second-order valence-corrected chi connectivity index (χ2v) is 5.42. The van der Waals surface area contributed by atoms with Gasteiger partial charge in [0.2, 0.25) is 0 Å². The van der Waals surface area contributed by atoms with E-state index in [0.29, 0.717) is 12.0 Å². The van der Waals surface area contributed by atoms with Crippen molar-refractivity contribution in [1.29, 1.82) is 0 Å². The Morgan fingerprint density at radius 3 is 2.72 bits per heavy atom. The van der Waals surface area contributed by atoms with Crippen molar-refractivity contribution in [2.75, 3.05) is 0 Å². The lowest BCUT2D eigenvalue weighted by Gasteiger charge is -2.18. The van der Waals surface area contributed by atoms with Gasteiger partial charge in [-0.25, -0.2) is 4.79 Å². The predicted molar refractivity (Wildman–Crippen MR) is 69.0 cm³/mol. The van der Waals surface area contributed by atoms with Crippen molar-refractivity contribution >= 4 is 11.8 Å².